The van der Waals surface area contributed by atoms with Crippen LogP contribution in [0.25, 0.3) is 16.9 Å². The monoisotopic (exact) mass is 350 g/mol. The van der Waals surface area contributed by atoms with E-state index >= 15 is 0 Å². The van der Waals surface area contributed by atoms with Crippen LogP contribution in [0.5, 0.6) is 0 Å². The first-order valence-corrected chi connectivity index (χ1v) is 8.98. The van der Waals surface area contributed by atoms with E-state index in [1.165, 1.54) is 0 Å². The lowest BCUT2D eigenvalue weighted by Crippen LogP contribution is -2.36. The van der Waals surface area contributed by atoms with Crippen LogP contribution in [-0.4, -0.2) is 32.7 Å². The number of benzene rings is 1. The third-order valence-electron chi connectivity index (χ3n) is 4.79. The first-order chi connectivity index (χ1) is 12.6. The second-order valence-corrected chi connectivity index (χ2v) is 6.84. The molecule has 1 aromatic carbocycles. The molecule has 2 atom stereocenters. The summed E-state index contributed by atoms with van der Waals surface area (Å²) in [6.45, 7) is 4.02. The smallest absolute Gasteiger partial charge is 0.253 e. The third kappa shape index (κ3) is 3.32. The molecule has 6 heteroatoms. The van der Waals surface area contributed by atoms with E-state index in [9.17, 15) is 4.79 Å². The molecule has 2 aromatic heterocycles. The van der Waals surface area contributed by atoms with Crippen LogP contribution in [-0.2, 0) is 9.53 Å². The number of carbonyl (C=O) groups excluding carboxylic acids is 1. The molecule has 0 aliphatic carbocycles. The van der Waals surface area contributed by atoms with Crippen LogP contribution in [0.15, 0.2) is 42.7 Å². The van der Waals surface area contributed by atoms with Crippen LogP contribution in [0.3, 0.4) is 0 Å². The highest BCUT2D eigenvalue weighted by atomic mass is 16.5. The Morgan fingerprint density at radius 2 is 2.19 bits per heavy atom. The first-order valence-electron chi connectivity index (χ1n) is 8.98. The molecule has 1 saturated heterocycles. The Bertz CT molecular complexity index is 950. The molecule has 0 saturated carbocycles. The third-order valence-corrected chi connectivity index (χ3v) is 4.79. The van der Waals surface area contributed by atoms with E-state index in [1.807, 2.05) is 50.4 Å². The average Bonchev–Trinajstić information content (AvgIpc) is 3.11. The van der Waals surface area contributed by atoms with E-state index in [2.05, 4.69) is 15.4 Å². The molecule has 134 valence electrons. The summed E-state index contributed by atoms with van der Waals surface area (Å²) in [5.74, 6) is 0.540. The zero-order valence-electron chi connectivity index (χ0n) is 15.0. The summed E-state index contributed by atoms with van der Waals surface area (Å²) >= 11 is 0. The van der Waals surface area contributed by atoms with Crippen molar-refractivity contribution < 1.29 is 9.53 Å². The fourth-order valence-electron chi connectivity index (χ4n) is 3.32. The van der Waals surface area contributed by atoms with Gasteiger partial charge in [0.2, 0.25) is 0 Å². The summed E-state index contributed by atoms with van der Waals surface area (Å²) < 4.78 is 7.55. The molecule has 6 nitrogen and oxygen atoms in total. The number of nitrogens with zero attached hydrogens (tertiary/aromatic N) is 3. The maximum absolute atomic E-state index is 12.5. The number of carbonyl (C=O) groups is 1. The van der Waals surface area contributed by atoms with E-state index in [0.717, 1.165) is 41.6 Å². The summed E-state index contributed by atoms with van der Waals surface area (Å²) in [5.41, 5.74) is 3.63. The van der Waals surface area contributed by atoms with Crippen molar-refractivity contribution in [2.45, 2.75) is 45.3 Å². The molecule has 1 aliphatic heterocycles. The van der Waals surface area contributed by atoms with Gasteiger partial charge < -0.3 is 10.1 Å². The summed E-state index contributed by atoms with van der Waals surface area (Å²) in [4.78, 5) is 17.0. The van der Waals surface area contributed by atoms with Gasteiger partial charge in [-0.05, 0) is 62.9 Å². The van der Waals surface area contributed by atoms with Gasteiger partial charge in [0.05, 0.1) is 17.8 Å². The van der Waals surface area contributed by atoms with Crippen LogP contribution in [0.4, 0.5) is 5.69 Å². The van der Waals surface area contributed by atoms with Crippen molar-refractivity contribution in [1.82, 2.24) is 14.6 Å². The Balaban J connectivity index is 1.58. The van der Waals surface area contributed by atoms with E-state index in [-0.39, 0.29) is 18.1 Å². The van der Waals surface area contributed by atoms with Gasteiger partial charge in [0, 0.05) is 17.4 Å². The second kappa shape index (κ2) is 6.88. The van der Waals surface area contributed by atoms with Crippen molar-refractivity contribution in [3.05, 3.63) is 48.3 Å². The van der Waals surface area contributed by atoms with Gasteiger partial charge in [0.1, 0.15) is 6.10 Å². The summed E-state index contributed by atoms with van der Waals surface area (Å²) in [5, 5.41) is 7.53. The van der Waals surface area contributed by atoms with Crippen molar-refractivity contribution in [3.63, 3.8) is 0 Å². The van der Waals surface area contributed by atoms with E-state index in [4.69, 9.17) is 4.74 Å². The number of anilines is 1. The van der Waals surface area contributed by atoms with Gasteiger partial charge in [0.25, 0.3) is 5.91 Å². The number of nitrogens with one attached hydrogen (secondary N) is 1. The minimum absolute atomic E-state index is 0.0897. The van der Waals surface area contributed by atoms with E-state index in [0.29, 0.717) is 5.82 Å². The van der Waals surface area contributed by atoms with Crippen LogP contribution in [0, 0.1) is 6.92 Å². The minimum Gasteiger partial charge on any atom is -0.365 e. The largest absolute Gasteiger partial charge is 0.365 e. The molecule has 0 radical (unpaired) electrons. The molecule has 26 heavy (non-hydrogen) atoms. The van der Waals surface area contributed by atoms with E-state index in [1.54, 1.807) is 10.7 Å². The quantitative estimate of drug-likeness (QED) is 0.784. The van der Waals surface area contributed by atoms with Crippen LogP contribution < -0.4 is 5.32 Å². The zero-order valence-corrected chi connectivity index (χ0v) is 15.0. The molecule has 0 unspecified atom stereocenters. The Hall–Kier alpha value is -2.73. The number of aryl methyl sites for hydroxylation is 1. The molecular weight excluding hydrogens is 328 g/mol. The lowest BCUT2D eigenvalue weighted by Gasteiger charge is -2.26. The summed E-state index contributed by atoms with van der Waals surface area (Å²) in [7, 11) is 0. The predicted octanol–water partition coefficient (Wildman–Crippen LogP) is 3.60. The Labute approximate surface area is 152 Å². The Kier molecular flexibility index (Phi) is 4.42. The van der Waals surface area contributed by atoms with Crippen molar-refractivity contribution >= 4 is 17.1 Å². The number of amides is 1. The van der Waals surface area contributed by atoms with Crippen LogP contribution in [0.1, 0.15) is 31.7 Å². The van der Waals surface area contributed by atoms with Gasteiger partial charge in [-0.2, -0.15) is 0 Å². The molecule has 1 amide bonds. The molecule has 1 fully saturated rings. The average molecular weight is 350 g/mol. The van der Waals surface area contributed by atoms with Crippen molar-refractivity contribution in [2.75, 3.05) is 5.32 Å². The van der Waals surface area contributed by atoms with Crippen molar-refractivity contribution in [3.8, 4) is 11.4 Å². The highest BCUT2D eigenvalue weighted by molar-refractivity contribution is 5.94. The van der Waals surface area contributed by atoms with E-state index < -0.39 is 0 Å². The zero-order chi connectivity index (χ0) is 18.1. The number of aromatic nitrogens is 3. The molecule has 0 spiro atoms. The van der Waals surface area contributed by atoms with Gasteiger partial charge >= 0.3 is 0 Å². The molecule has 1 N–H and O–H groups in total. The fourth-order valence-corrected chi connectivity index (χ4v) is 3.32. The van der Waals surface area contributed by atoms with Gasteiger partial charge in [-0.15, -0.1) is 5.10 Å². The minimum atomic E-state index is -0.379. The molecule has 4 rings (SSSR count). The van der Waals surface area contributed by atoms with Crippen molar-refractivity contribution in [2.24, 2.45) is 0 Å². The summed E-state index contributed by atoms with van der Waals surface area (Å²) in [6.07, 6.45) is 6.24. The maximum atomic E-state index is 12.5. The maximum Gasteiger partial charge on any atom is 0.253 e. The normalized spacial score (nSPS) is 20.2. The predicted molar refractivity (Wildman–Crippen MR) is 100.0 cm³/mol. The lowest BCUT2D eigenvalue weighted by atomic mass is 10.0. The Morgan fingerprint density at radius 3 is 3.04 bits per heavy atom. The Morgan fingerprint density at radius 1 is 1.31 bits per heavy atom. The first kappa shape index (κ1) is 16.7. The molecule has 0 bridgehead atoms. The number of fused-ring (bicyclic) bond motifs is 1. The summed E-state index contributed by atoms with van der Waals surface area (Å²) in [6, 6.07) is 9.68. The standard InChI is InChI=1S/C20H22N4O2/c1-13-8-9-15(22-20(25)18-7-3-5-14(2)26-18)11-17(13)19-21-12-16-6-4-10-24(16)23-19/h4,6,8-12,14,18H,3,5,7H2,1-2H3,(H,22,25)/t14-,18+/m1/s1. The molecule has 1 aliphatic rings. The number of rotatable bonds is 3. The molecule has 3 heterocycles. The SMILES string of the molecule is Cc1ccc(NC(=O)[C@@H]2CCC[C@@H](C)O2)cc1-c1ncc2cccn2n1. The highest BCUT2D eigenvalue weighted by Crippen LogP contribution is 2.25. The highest BCUT2D eigenvalue weighted by Gasteiger charge is 2.25. The van der Waals surface area contributed by atoms with Crippen molar-refractivity contribution in [1.29, 1.82) is 0 Å². The fraction of sp³-hybridized carbons (Fsp3) is 0.350. The molecular formula is C20H22N4O2. The lowest BCUT2D eigenvalue weighted by molar-refractivity contribution is -0.134. The molecule has 3 aromatic rings. The van der Waals surface area contributed by atoms with Gasteiger partial charge in [0.15, 0.2) is 5.82 Å². The van der Waals surface area contributed by atoms with Crippen LogP contribution in [0.2, 0.25) is 0 Å². The number of hydrogen-bond acceptors (Lipinski definition) is 4. The van der Waals surface area contributed by atoms with Gasteiger partial charge in [-0.3, -0.25) is 4.79 Å². The number of hydrogen-bond donors (Lipinski definition) is 1. The second-order valence-electron chi connectivity index (χ2n) is 6.84. The topological polar surface area (TPSA) is 68.5 Å². The number of ether oxygens (including phenoxy) is 1. The van der Waals surface area contributed by atoms with Gasteiger partial charge in [-0.1, -0.05) is 6.07 Å². The van der Waals surface area contributed by atoms with Gasteiger partial charge in [-0.25, -0.2) is 9.50 Å². The van der Waals surface area contributed by atoms with Crippen LogP contribution >= 0.6 is 0 Å².